The number of rotatable bonds is 11. The van der Waals surface area contributed by atoms with Gasteiger partial charge in [-0.1, -0.05) is 73.5 Å². The summed E-state index contributed by atoms with van der Waals surface area (Å²) in [5.74, 6) is -1.54. The molecular weight excluding hydrogens is 598 g/mol. The first-order valence-corrected chi connectivity index (χ1v) is 14.3. The quantitative estimate of drug-likeness (QED) is 0.103. The van der Waals surface area contributed by atoms with Crippen LogP contribution >= 0.6 is 11.6 Å². The zero-order valence-electron chi connectivity index (χ0n) is 24.0. The Morgan fingerprint density at radius 2 is 1.55 bits per heavy atom. The van der Waals surface area contributed by atoms with Crippen molar-refractivity contribution in [1.29, 1.82) is 0 Å². The van der Waals surface area contributed by atoms with Gasteiger partial charge in [0.25, 0.3) is 5.91 Å². The zero-order valence-corrected chi connectivity index (χ0v) is 24.8. The van der Waals surface area contributed by atoms with Crippen LogP contribution in [0, 0.1) is 5.82 Å². The maximum Gasteiger partial charge on any atom is 0.416 e. The number of carbonyl (C=O) groups excluding carboxylic acids is 2. The Labute approximate surface area is 257 Å². The first-order chi connectivity index (χ1) is 21.0. The van der Waals surface area contributed by atoms with Crippen molar-refractivity contribution in [2.45, 2.75) is 38.4 Å². The molecule has 0 bridgehead atoms. The molecule has 0 unspecified atom stereocenters. The van der Waals surface area contributed by atoms with Gasteiger partial charge in [-0.3, -0.25) is 4.79 Å². The highest BCUT2D eigenvalue weighted by Gasteiger charge is 2.30. The Morgan fingerprint density at radius 3 is 2.20 bits per heavy atom. The van der Waals surface area contributed by atoms with Gasteiger partial charge in [0.2, 0.25) is 0 Å². The van der Waals surface area contributed by atoms with Crippen molar-refractivity contribution in [3.8, 4) is 28.0 Å². The van der Waals surface area contributed by atoms with Crippen molar-refractivity contribution in [2.24, 2.45) is 0 Å². The second-order valence-electron chi connectivity index (χ2n) is 10.1. The van der Waals surface area contributed by atoms with Crippen LogP contribution in [0.15, 0.2) is 84.9 Å². The maximum absolute atomic E-state index is 13.8. The van der Waals surface area contributed by atoms with Gasteiger partial charge in [0, 0.05) is 6.42 Å². The van der Waals surface area contributed by atoms with Crippen LogP contribution in [0.25, 0.3) is 22.3 Å². The average Bonchev–Trinajstić information content (AvgIpc) is 3.02. The van der Waals surface area contributed by atoms with Crippen LogP contribution in [0.3, 0.4) is 0 Å². The lowest BCUT2D eigenvalue weighted by molar-refractivity contribution is -0.143. The lowest BCUT2D eigenvalue weighted by Crippen LogP contribution is -2.43. The molecular formula is C34H30ClF4NO4. The number of hydrogen-bond donors (Lipinski definition) is 1. The van der Waals surface area contributed by atoms with Gasteiger partial charge >= 0.3 is 12.1 Å². The van der Waals surface area contributed by atoms with Gasteiger partial charge in [-0.2, -0.15) is 13.2 Å². The molecule has 0 aromatic heterocycles. The number of methoxy groups -OCH3 is 1. The molecule has 4 aromatic carbocycles. The fourth-order valence-electron chi connectivity index (χ4n) is 4.53. The van der Waals surface area contributed by atoms with Gasteiger partial charge in [0.1, 0.15) is 17.6 Å². The van der Waals surface area contributed by atoms with E-state index in [0.29, 0.717) is 40.2 Å². The van der Waals surface area contributed by atoms with E-state index in [9.17, 15) is 27.2 Å². The van der Waals surface area contributed by atoms with E-state index in [4.69, 9.17) is 21.1 Å². The highest BCUT2D eigenvalue weighted by molar-refractivity contribution is 6.31. The molecule has 1 N–H and O–H groups in total. The Morgan fingerprint density at radius 1 is 0.886 bits per heavy atom. The molecule has 44 heavy (non-hydrogen) atoms. The number of alkyl halides is 3. The minimum Gasteiger partial charge on any atom is -0.493 e. The number of esters is 1. The van der Waals surface area contributed by atoms with Gasteiger partial charge in [-0.15, -0.1) is 0 Å². The molecule has 0 saturated heterocycles. The summed E-state index contributed by atoms with van der Waals surface area (Å²) in [5.41, 5.74) is 2.17. The number of hydrogen-bond acceptors (Lipinski definition) is 4. The van der Waals surface area contributed by atoms with Crippen LogP contribution in [0.1, 0.15) is 41.3 Å². The lowest BCUT2D eigenvalue weighted by Gasteiger charge is -2.19. The number of carbonyl (C=O) groups is 2. The molecule has 0 aliphatic carbocycles. The molecule has 0 spiro atoms. The van der Waals surface area contributed by atoms with Crippen molar-refractivity contribution >= 4 is 23.5 Å². The van der Waals surface area contributed by atoms with E-state index in [0.717, 1.165) is 25.0 Å². The topological polar surface area (TPSA) is 64.6 Å². The van der Waals surface area contributed by atoms with E-state index in [1.165, 1.54) is 31.4 Å². The fourth-order valence-corrected chi connectivity index (χ4v) is 4.71. The monoisotopic (exact) mass is 627 g/mol. The van der Waals surface area contributed by atoms with Gasteiger partial charge in [0.15, 0.2) is 0 Å². The van der Waals surface area contributed by atoms with E-state index in [2.05, 4.69) is 5.32 Å². The summed E-state index contributed by atoms with van der Waals surface area (Å²) in [5, 5.41) is 2.66. The number of nitrogens with one attached hydrogen (secondary N) is 1. The van der Waals surface area contributed by atoms with Crippen LogP contribution in [-0.4, -0.2) is 31.6 Å². The van der Waals surface area contributed by atoms with Gasteiger partial charge in [-0.25, -0.2) is 9.18 Å². The third-order valence-corrected chi connectivity index (χ3v) is 7.23. The molecule has 230 valence electrons. The average molecular weight is 628 g/mol. The summed E-state index contributed by atoms with van der Waals surface area (Å²) < 4.78 is 64.1. The summed E-state index contributed by atoms with van der Waals surface area (Å²) in [7, 11) is 1.20. The molecule has 0 aliphatic heterocycles. The molecule has 10 heteroatoms. The van der Waals surface area contributed by atoms with Crippen LogP contribution in [0.4, 0.5) is 17.6 Å². The summed E-state index contributed by atoms with van der Waals surface area (Å²) in [6.07, 6.45) is -2.77. The molecule has 0 fully saturated rings. The predicted molar refractivity (Wildman–Crippen MR) is 161 cm³/mol. The van der Waals surface area contributed by atoms with Crippen LogP contribution in [-0.2, 0) is 22.1 Å². The number of unbranched alkanes of at least 4 members (excludes halogenated alkanes) is 1. The van der Waals surface area contributed by atoms with Gasteiger partial charge in [-0.05, 0) is 70.6 Å². The van der Waals surface area contributed by atoms with E-state index in [1.54, 1.807) is 48.5 Å². The van der Waals surface area contributed by atoms with Crippen molar-refractivity contribution < 1.29 is 36.6 Å². The first-order valence-electron chi connectivity index (χ1n) is 13.9. The molecule has 1 amide bonds. The normalized spacial score (nSPS) is 12.0. The summed E-state index contributed by atoms with van der Waals surface area (Å²) in [6, 6.07) is 19.7. The second-order valence-corrected chi connectivity index (χ2v) is 10.5. The molecule has 0 saturated carbocycles. The van der Waals surface area contributed by atoms with E-state index in [-0.39, 0.29) is 17.0 Å². The number of halogens is 5. The van der Waals surface area contributed by atoms with E-state index < -0.39 is 35.5 Å². The predicted octanol–water partition coefficient (Wildman–Crippen LogP) is 8.52. The van der Waals surface area contributed by atoms with Crippen LogP contribution in [0.2, 0.25) is 5.02 Å². The second kappa shape index (κ2) is 14.4. The maximum atomic E-state index is 13.8. The highest BCUT2D eigenvalue weighted by atomic mass is 35.5. The van der Waals surface area contributed by atoms with Gasteiger partial charge in [0.05, 0.1) is 29.9 Å². The number of amides is 1. The van der Waals surface area contributed by atoms with Crippen molar-refractivity contribution in [1.82, 2.24) is 5.32 Å². The molecule has 4 rings (SSSR count). The first kappa shape index (κ1) is 32.5. The number of benzene rings is 4. The largest absolute Gasteiger partial charge is 0.493 e. The third kappa shape index (κ3) is 8.17. The molecule has 0 heterocycles. The standard InChI is InChI=1S/C34H30ClF4NO4/c1-3-4-16-44-31-15-13-24(25-12-14-29(36)28(35)20-25)19-27(31)32(41)40-30(33(42)43-2)17-21-8-10-22(11-9-21)23-6-5-7-26(18-23)34(37,38)39/h5-15,18-20,30H,3-4,16-17H2,1-2H3,(H,40,41)/t30-/m0/s1. The summed E-state index contributed by atoms with van der Waals surface area (Å²) in [6.45, 7) is 2.38. The Balaban J connectivity index is 1.58. The van der Waals surface area contributed by atoms with Crippen molar-refractivity contribution in [2.75, 3.05) is 13.7 Å². The Kier molecular flexibility index (Phi) is 10.7. The van der Waals surface area contributed by atoms with Gasteiger partial charge < -0.3 is 14.8 Å². The van der Waals surface area contributed by atoms with E-state index >= 15 is 0 Å². The third-order valence-electron chi connectivity index (χ3n) is 6.94. The minimum atomic E-state index is -4.46. The fraction of sp³-hybridized carbons (Fsp3) is 0.235. The SMILES string of the molecule is CCCCOc1ccc(-c2ccc(F)c(Cl)c2)cc1C(=O)N[C@@H](Cc1ccc(-c2cccc(C(F)(F)F)c2)cc1)C(=O)OC. The molecule has 5 nitrogen and oxygen atoms in total. The summed E-state index contributed by atoms with van der Waals surface area (Å²) >= 11 is 5.97. The molecule has 4 aromatic rings. The molecule has 0 radical (unpaired) electrons. The minimum absolute atomic E-state index is 0.0561. The smallest absolute Gasteiger partial charge is 0.416 e. The lowest BCUT2D eigenvalue weighted by atomic mass is 9.98. The Hall–Kier alpha value is -4.37. The Bertz CT molecular complexity index is 1620. The zero-order chi connectivity index (χ0) is 31.9. The van der Waals surface area contributed by atoms with E-state index in [1.807, 2.05) is 6.92 Å². The van der Waals surface area contributed by atoms with Crippen LogP contribution in [0.5, 0.6) is 5.75 Å². The number of ether oxygens (including phenoxy) is 2. The highest BCUT2D eigenvalue weighted by Crippen LogP contribution is 2.33. The molecule has 0 aliphatic rings. The van der Waals surface area contributed by atoms with Crippen molar-refractivity contribution in [3.63, 3.8) is 0 Å². The summed E-state index contributed by atoms with van der Waals surface area (Å²) in [4.78, 5) is 26.3. The molecule has 1 atom stereocenters. The van der Waals surface area contributed by atoms with Crippen LogP contribution < -0.4 is 10.1 Å². The van der Waals surface area contributed by atoms with Crippen molar-refractivity contribution in [3.05, 3.63) is 112 Å².